The third kappa shape index (κ3) is 6.03. The Bertz CT molecular complexity index is 1610. The van der Waals surface area contributed by atoms with Crippen LogP contribution in [0.3, 0.4) is 0 Å². The van der Waals surface area contributed by atoms with Gasteiger partial charge in [0.1, 0.15) is 5.15 Å². The minimum absolute atomic E-state index is 0.00551. The lowest BCUT2D eigenvalue weighted by molar-refractivity contribution is 0.961. The molecular formula is C33H28Cl2N4. The van der Waals surface area contributed by atoms with Crippen molar-refractivity contribution < 1.29 is 0 Å². The summed E-state index contributed by atoms with van der Waals surface area (Å²) in [6, 6.07) is 27.2. The van der Waals surface area contributed by atoms with Crippen LogP contribution in [0.1, 0.15) is 46.2 Å². The average molecular weight is 552 g/mol. The van der Waals surface area contributed by atoms with Crippen LogP contribution in [0.5, 0.6) is 0 Å². The fraction of sp³-hybridized carbons (Fsp3) is 0.121. The Kier molecular flexibility index (Phi) is 8.36. The molecule has 0 bridgehead atoms. The molecule has 4 nitrogen and oxygen atoms in total. The number of nitrogens with one attached hydrogen (secondary N) is 2. The summed E-state index contributed by atoms with van der Waals surface area (Å²) < 4.78 is 0. The first-order valence-corrected chi connectivity index (χ1v) is 13.6. The predicted octanol–water partition coefficient (Wildman–Crippen LogP) is 8.85. The van der Waals surface area contributed by atoms with Crippen LogP contribution in [0.25, 0.3) is 10.9 Å². The number of pyridine rings is 2. The van der Waals surface area contributed by atoms with E-state index in [2.05, 4.69) is 59.7 Å². The van der Waals surface area contributed by atoms with E-state index >= 15 is 0 Å². The van der Waals surface area contributed by atoms with Gasteiger partial charge in [0.2, 0.25) is 0 Å². The average Bonchev–Trinajstić information content (AvgIpc) is 2.97. The van der Waals surface area contributed by atoms with E-state index in [1.54, 1.807) is 18.5 Å². The van der Waals surface area contributed by atoms with Crippen LogP contribution >= 0.6 is 23.2 Å². The lowest BCUT2D eigenvalue weighted by Gasteiger charge is -2.20. The highest BCUT2D eigenvalue weighted by atomic mass is 35.5. The molecule has 194 valence electrons. The summed E-state index contributed by atoms with van der Waals surface area (Å²) in [5.74, 6) is 0.00551. The van der Waals surface area contributed by atoms with Gasteiger partial charge < -0.3 is 10.7 Å². The molecule has 2 aromatic heterocycles. The van der Waals surface area contributed by atoms with Gasteiger partial charge in [-0.3, -0.25) is 4.98 Å². The second-order valence-corrected chi connectivity index (χ2v) is 10.1. The van der Waals surface area contributed by atoms with Crippen molar-refractivity contribution in [3.05, 3.63) is 147 Å². The largest absolute Gasteiger partial charge is 0.362 e. The maximum absolute atomic E-state index is 7.08. The van der Waals surface area contributed by atoms with Crippen molar-refractivity contribution in [3.63, 3.8) is 0 Å². The Morgan fingerprint density at radius 3 is 2.33 bits per heavy atom. The fourth-order valence-corrected chi connectivity index (χ4v) is 5.38. The van der Waals surface area contributed by atoms with E-state index < -0.39 is 0 Å². The van der Waals surface area contributed by atoms with Crippen molar-refractivity contribution in [2.24, 2.45) is 0 Å². The number of rotatable bonds is 9. The van der Waals surface area contributed by atoms with Crippen molar-refractivity contribution in [3.8, 4) is 0 Å². The Morgan fingerprint density at radius 2 is 1.64 bits per heavy atom. The van der Waals surface area contributed by atoms with Crippen molar-refractivity contribution >= 4 is 46.0 Å². The minimum Gasteiger partial charge on any atom is -0.362 e. The molecular weight excluding hydrogens is 523 g/mol. The number of fused-ring (bicyclic) bond motifs is 1. The number of nitrogens with zero attached hydrogens (tertiary/aromatic N) is 2. The molecule has 0 aliphatic carbocycles. The summed E-state index contributed by atoms with van der Waals surface area (Å²) in [4.78, 5) is 9.09. The summed E-state index contributed by atoms with van der Waals surface area (Å²) in [6.07, 6.45) is 9.86. The second kappa shape index (κ2) is 12.2. The summed E-state index contributed by atoms with van der Waals surface area (Å²) in [6.45, 7) is 2.16. The molecule has 2 N–H and O–H groups in total. The van der Waals surface area contributed by atoms with Crippen molar-refractivity contribution in [1.82, 2.24) is 9.97 Å². The highest BCUT2D eigenvalue weighted by molar-refractivity contribution is 6.39. The summed E-state index contributed by atoms with van der Waals surface area (Å²) in [7, 11) is 0. The predicted molar refractivity (Wildman–Crippen MR) is 164 cm³/mol. The molecule has 6 heteroatoms. The lowest BCUT2D eigenvalue weighted by atomic mass is 9.85. The monoisotopic (exact) mass is 550 g/mol. The Morgan fingerprint density at radius 1 is 0.897 bits per heavy atom. The summed E-state index contributed by atoms with van der Waals surface area (Å²) in [5.41, 5.74) is 8.31. The van der Waals surface area contributed by atoms with Gasteiger partial charge in [0.15, 0.2) is 0 Å². The molecule has 0 aliphatic rings. The van der Waals surface area contributed by atoms with Gasteiger partial charge in [0, 0.05) is 53.8 Å². The van der Waals surface area contributed by atoms with Gasteiger partial charge in [-0.15, -0.1) is 0 Å². The zero-order valence-corrected chi connectivity index (χ0v) is 23.0. The van der Waals surface area contributed by atoms with Crippen LogP contribution in [0, 0.1) is 5.41 Å². The van der Waals surface area contributed by atoms with Crippen molar-refractivity contribution in [1.29, 1.82) is 5.41 Å². The number of anilines is 1. The highest BCUT2D eigenvalue weighted by Crippen LogP contribution is 2.37. The first-order valence-electron chi connectivity index (χ1n) is 12.8. The van der Waals surface area contributed by atoms with Gasteiger partial charge in [-0.2, -0.15) is 0 Å². The molecule has 5 aromatic rings. The standard InChI is InChI=1S/C33H28Cl2N4/c1-2-22-6-10-24(11-7-22)31(26-5-3-17-37-21-26)25-12-15-30-28(20-25)32(34)29(33(35)39-30)19-23-8-13-27(14-9-23)38-18-4-16-36/h3-18,20-21,31,36,38H,2,19H2,1H3/b18-4-,36-16?. The zero-order chi connectivity index (χ0) is 27.2. The van der Waals surface area contributed by atoms with E-state index in [0.29, 0.717) is 16.6 Å². The van der Waals surface area contributed by atoms with E-state index in [-0.39, 0.29) is 5.92 Å². The number of aromatic nitrogens is 2. The van der Waals surface area contributed by atoms with Gasteiger partial charge in [-0.05, 0) is 70.6 Å². The van der Waals surface area contributed by atoms with Crippen molar-refractivity contribution in [2.45, 2.75) is 25.7 Å². The zero-order valence-electron chi connectivity index (χ0n) is 21.5. The van der Waals surface area contributed by atoms with Gasteiger partial charge in [-0.25, -0.2) is 4.98 Å². The molecule has 1 atom stereocenters. The number of aryl methyl sites for hydroxylation is 1. The molecule has 3 aromatic carbocycles. The van der Waals surface area contributed by atoms with Gasteiger partial charge >= 0.3 is 0 Å². The third-order valence-corrected chi connectivity index (χ3v) is 7.58. The van der Waals surface area contributed by atoms with Crippen LogP contribution < -0.4 is 5.32 Å². The maximum Gasteiger partial charge on any atom is 0.134 e. The second-order valence-electron chi connectivity index (χ2n) is 9.33. The van der Waals surface area contributed by atoms with Crippen LogP contribution in [0.2, 0.25) is 10.2 Å². The van der Waals surface area contributed by atoms with Gasteiger partial charge in [0.25, 0.3) is 0 Å². The van der Waals surface area contributed by atoms with E-state index in [1.807, 2.05) is 42.6 Å². The molecule has 0 aliphatic heterocycles. The smallest absolute Gasteiger partial charge is 0.134 e. The lowest BCUT2D eigenvalue weighted by Crippen LogP contribution is -2.05. The molecule has 0 saturated carbocycles. The number of halogens is 2. The van der Waals surface area contributed by atoms with Crippen LogP contribution in [-0.2, 0) is 12.8 Å². The summed E-state index contributed by atoms with van der Waals surface area (Å²) >= 11 is 13.7. The highest BCUT2D eigenvalue weighted by Gasteiger charge is 2.20. The maximum atomic E-state index is 7.08. The molecule has 2 heterocycles. The molecule has 0 radical (unpaired) electrons. The number of benzene rings is 3. The Balaban J connectivity index is 1.53. The Labute approximate surface area is 238 Å². The molecule has 39 heavy (non-hydrogen) atoms. The molecule has 0 amide bonds. The van der Waals surface area contributed by atoms with Gasteiger partial charge in [-0.1, -0.05) is 78.7 Å². The van der Waals surface area contributed by atoms with E-state index in [4.69, 9.17) is 33.6 Å². The molecule has 0 spiro atoms. The van der Waals surface area contributed by atoms with E-state index in [1.165, 1.54) is 17.3 Å². The molecule has 5 rings (SSSR count). The molecule has 1 unspecified atom stereocenters. The SMILES string of the molecule is CCc1ccc(C(c2cccnc2)c2ccc3nc(Cl)c(Cc4ccc(N/C=C\C=N)cc4)c(Cl)c3c2)cc1. The summed E-state index contributed by atoms with van der Waals surface area (Å²) in [5, 5.41) is 12.1. The molecule has 0 saturated heterocycles. The van der Waals surface area contributed by atoms with Crippen LogP contribution in [-0.4, -0.2) is 16.2 Å². The fourth-order valence-electron chi connectivity index (χ4n) is 4.77. The van der Waals surface area contributed by atoms with Gasteiger partial charge in [0.05, 0.1) is 10.5 Å². The number of hydrogen-bond donors (Lipinski definition) is 2. The van der Waals surface area contributed by atoms with Crippen molar-refractivity contribution in [2.75, 3.05) is 5.32 Å². The van der Waals surface area contributed by atoms with Crippen LogP contribution in [0.15, 0.2) is 104 Å². The normalized spacial score (nSPS) is 12.1. The topological polar surface area (TPSA) is 61.7 Å². The number of allylic oxidation sites excluding steroid dienone is 1. The third-order valence-electron chi connectivity index (χ3n) is 6.84. The first kappa shape index (κ1) is 26.6. The first-order chi connectivity index (χ1) is 19.1. The van der Waals surface area contributed by atoms with Crippen LogP contribution in [0.4, 0.5) is 5.69 Å². The quantitative estimate of drug-likeness (QED) is 0.142. The number of hydrogen-bond acceptors (Lipinski definition) is 4. The minimum atomic E-state index is 0.00551. The molecule has 0 fully saturated rings. The van der Waals surface area contributed by atoms with E-state index in [9.17, 15) is 0 Å². The van der Waals surface area contributed by atoms with E-state index in [0.717, 1.165) is 45.3 Å². The Hall–Kier alpha value is -3.99.